The van der Waals surface area contributed by atoms with Crippen molar-refractivity contribution in [3.8, 4) is 22.3 Å². The summed E-state index contributed by atoms with van der Waals surface area (Å²) in [5.41, 5.74) is 33.3. The number of anilines is 12. The zero-order chi connectivity index (χ0) is 62.6. The van der Waals surface area contributed by atoms with Crippen LogP contribution in [-0.4, -0.2) is 27.9 Å². The van der Waals surface area contributed by atoms with Gasteiger partial charge in [-0.15, -0.1) is 0 Å². The molecule has 0 unspecified atom stereocenters. The normalized spacial score (nSPS) is 14.7. The molecule has 0 radical (unpaired) electrons. The van der Waals surface area contributed by atoms with Gasteiger partial charge in [0.1, 0.15) is 0 Å². The third-order valence-electron chi connectivity index (χ3n) is 20.0. The van der Waals surface area contributed by atoms with Crippen LogP contribution < -0.4 is 50.1 Å². The molecule has 0 atom stereocenters. The average Bonchev–Trinajstić information content (AvgIpc) is 1.62. The molecule has 6 heterocycles. The molecule has 0 aliphatic carbocycles. The first-order chi connectivity index (χ1) is 41.9. The molecule has 10 aromatic rings. The molecule has 0 bridgehead atoms. The van der Waals surface area contributed by atoms with Gasteiger partial charge in [-0.1, -0.05) is 0 Å². The Kier molecular flexibility index (Phi) is 12.6. The van der Waals surface area contributed by atoms with Crippen LogP contribution in [0, 0.1) is 0 Å². The number of hydrogen-bond donors (Lipinski definition) is 0. The van der Waals surface area contributed by atoms with Gasteiger partial charge in [-0.05, 0) is 0 Å². The summed E-state index contributed by atoms with van der Waals surface area (Å²) < 4.78 is 3.10. The van der Waals surface area contributed by atoms with E-state index in [1.807, 2.05) is 0 Å². The van der Waals surface area contributed by atoms with Gasteiger partial charge in [0.2, 0.25) is 0 Å². The molecule has 0 saturated heterocycles. The van der Waals surface area contributed by atoms with E-state index in [0.29, 0.717) is 0 Å². The van der Waals surface area contributed by atoms with Gasteiger partial charge < -0.3 is 0 Å². The Hall–Kier alpha value is -7.69. The summed E-state index contributed by atoms with van der Waals surface area (Å²) in [7, 11) is 0. The van der Waals surface area contributed by atoms with Crippen LogP contribution in [0.1, 0.15) is 158 Å². The molecule has 1 aromatic heterocycles. The summed E-state index contributed by atoms with van der Waals surface area (Å²) in [4.78, 5) is 10.9. The molecule has 444 valence electrons. The first kappa shape index (κ1) is 57.7. The Morgan fingerprint density at radius 3 is 1.00 bits per heavy atom. The fourth-order valence-electron chi connectivity index (χ4n) is 14.8. The fraction of sp³-hybridized carbons (Fsp3) is 0.293. The van der Waals surface area contributed by atoms with Crippen molar-refractivity contribution >= 4 is 127 Å². The minimum absolute atomic E-state index is 0.000766. The first-order valence-corrected chi connectivity index (χ1v) is 34.2. The van der Waals surface area contributed by atoms with Crippen molar-refractivity contribution < 1.29 is 0 Å². The molecule has 0 N–H and O–H groups in total. The van der Waals surface area contributed by atoms with E-state index in [4.69, 9.17) is 0 Å². The second kappa shape index (κ2) is 19.4. The van der Waals surface area contributed by atoms with Crippen LogP contribution in [-0.2, 0) is 32.5 Å². The van der Waals surface area contributed by atoms with E-state index in [-0.39, 0.29) is 60.4 Å². The number of fused-ring (bicyclic) bond motifs is 11. The number of hydrogen-bond acceptors (Lipinski definition) is 4. The van der Waals surface area contributed by atoms with Crippen LogP contribution in [0.4, 0.5) is 68.2 Å². The second-order valence-corrected chi connectivity index (χ2v) is 34.7. The third-order valence-corrected chi connectivity index (χ3v) is 22.7. The third kappa shape index (κ3) is 9.05. The molecule has 9 aromatic carbocycles. The summed E-state index contributed by atoms with van der Waals surface area (Å²) >= 11 is -0.106. The van der Waals surface area contributed by atoms with E-state index in [9.17, 15) is 0 Å². The van der Waals surface area contributed by atoms with Gasteiger partial charge in [-0.2, -0.15) is 0 Å². The molecule has 5 aliphatic rings. The van der Waals surface area contributed by atoms with Crippen molar-refractivity contribution in [2.75, 3.05) is 19.6 Å². The van der Waals surface area contributed by atoms with Gasteiger partial charge in [0.15, 0.2) is 0 Å². The van der Waals surface area contributed by atoms with Crippen LogP contribution in [0.5, 0.6) is 0 Å². The van der Waals surface area contributed by atoms with Gasteiger partial charge in [-0.25, -0.2) is 0 Å². The van der Waals surface area contributed by atoms with Crippen molar-refractivity contribution in [1.29, 1.82) is 0 Å². The van der Waals surface area contributed by atoms with Crippen LogP contribution in [0.2, 0.25) is 0 Å². The van der Waals surface area contributed by atoms with E-state index >= 15 is 0 Å². The molecule has 0 saturated carbocycles. The van der Waals surface area contributed by atoms with Crippen LogP contribution in [0.25, 0.3) is 22.3 Å². The predicted molar refractivity (Wildman–Crippen MR) is 388 cm³/mol. The molecular formula is C82H84B2N4Se. The minimum atomic E-state index is -0.166. The first-order valence-electron chi connectivity index (χ1n) is 32.5. The second-order valence-electron chi connectivity index (χ2n) is 32.4. The molecule has 4 nitrogen and oxygen atoms in total. The summed E-state index contributed by atoms with van der Waals surface area (Å²) in [6.45, 7) is 42.9. The van der Waals surface area contributed by atoms with E-state index in [2.05, 4.69) is 326 Å². The zero-order valence-electron chi connectivity index (χ0n) is 55.7. The summed E-state index contributed by atoms with van der Waals surface area (Å²) in [5.74, 6) is 0. The SMILES string of the molecule is CC(C)(C)c1cc(N2c3ccc(-c4ccccc4)cc3B3c4[se]c5c6c4N(c4ccccc4N6c4cc(C(C)(C)C)cc6c4B5c4ccc(-c5ccccc5)cc4N6c4cc(C(C)(C)C)cc(C(C)(C)C)c4)c4cc(C(C)(C)C)cc2c43)cc(C(C)(C)C)c1. The summed E-state index contributed by atoms with van der Waals surface area (Å²) in [5, 5.41) is 0. The summed E-state index contributed by atoms with van der Waals surface area (Å²) in [6, 6.07) is 72.0. The van der Waals surface area contributed by atoms with Crippen molar-refractivity contribution in [3.05, 3.63) is 215 Å². The maximum atomic E-state index is 2.77. The summed E-state index contributed by atoms with van der Waals surface area (Å²) in [6.07, 6.45) is 0. The maximum absolute atomic E-state index is 2.77. The Morgan fingerprint density at radius 1 is 0.258 bits per heavy atom. The molecule has 0 amide bonds. The van der Waals surface area contributed by atoms with Crippen molar-refractivity contribution in [1.82, 2.24) is 0 Å². The van der Waals surface area contributed by atoms with Gasteiger partial charge >= 0.3 is 541 Å². The van der Waals surface area contributed by atoms with Gasteiger partial charge in [0.25, 0.3) is 0 Å². The fourth-order valence-corrected chi connectivity index (χ4v) is 18.0. The number of para-hydroxylation sites is 2. The predicted octanol–water partition coefficient (Wildman–Crippen LogP) is 18.3. The van der Waals surface area contributed by atoms with E-state index < -0.39 is 0 Å². The van der Waals surface area contributed by atoms with E-state index in [1.165, 1.54) is 146 Å². The number of nitrogens with zero attached hydrogens (tertiary/aromatic N) is 4. The molecular weight excluding hydrogens is 1140 g/mol. The van der Waals surface area contributed by atoms with Gasteiger partial charge in [0, 0.05) is 0 Å². The Morgan fingerprint density at radius 2 is 0.596 bits per heavy atom. The standard InChI is InChI=1S/C82H84B2N4Se/c1-77(2,3)53-39-54(78(4,5)6)42-59(41-53)85-63-36-34-51(49-27-21-19-22-28-49)37-62(63)84-72-67(85)45-57(81(13,14)15)48-70(72)88-65-32-26-25-31-64(65)87-69-47-58(82(16,17)18)46-68-71(69)83(75-73(87)74(88)76(84)89-75)61-35-33-52(50-29-23-20-24-30-50)38-66(61)86(68)60-43-55(79(7,8)9)40-56(44-60)80(10,11)12/h19-48H,1-18H3. The molecule has 89 heavy (non-hydrogen) atoms. The molecule has 5 aliphatic heterocycles. The van der Waals surface area contributed by atoms with Crippen molar-refractivity contribution in [3.63, 3.8) is 0 Å². The van der Waals surface area contributed by atoms with Gasteiger partial charge in [0.05, 0.1) is 0 Å². The van der Waals surface area contributed by atoms with Crippen LogP contribution in [0.3, 0.4) is 0 Å². The Balaban J connectivity index is 1.08. The average molecular weight is 1230 g/mol. The molecule has 7 heteroatoms. The quantitative estimate of drug-likeness (QED) is 0.163. The zero-order valence-corrected chi connectivity index (χ0v) is 57.4. The van der Waals surface area contributed by atoms with Crippen LogP contribution in [0.15, 0.2) is 182 Å². The van der Waals surface area contributed by atoms with Crippen LogP contribution >= 0.6 is 0 Å². The van der Waals surface area contributed by atoms with Crippen molar-refractivity contribution in [2.45, 2.75) is 157 Å². The van der Waals surface area contributed by atoms with Crippen molar-refractivity contribution in [2.24, 2.45) is 0 Å². The topological polar surface area (TPSA) is 13.0 Å². The molecule has 0 spiro atoms. The van der Waals surface area contributed by atoms with Gasteiger partial charge in [-0.3, -0.25) is 0 Å². The van der Waals surface area contributed by atoms with E-state index in [1.54, 1.807) is 8.67 Å². The molecule has 0 fully saturated rings. The monoisotopic (exact) mass is 1230 g/mol. The number of rotatable bonds is 4. The Labute approximate surface area is 537 Å². The van der Waals surface area contributed by atoms with E-state index in [0.717, 1.165) is 0 Å². The molecule has 15 rings (SSSR count). The Bertz CT molecular complexity index is 4520. The number of benzene rings is 9.